The second-order valence-corrected chi connectivity index (χ2v) is 6.87. The van der Waals surface area contributed by atoms with Crippen LogP contribution in [0.25, 0.3) is 5.82 Å². The van der Waals surface area contributed by atoms with E-state index in [1.807, 2.05) is 6.92 Å². The van der Waals surface area contributed by atoms with Gasteiger partial charge in [0.25, 0.3) is 5.91 Å². The Morgan fingerprint density at radius 2 is 2.11 bits per heavy atom. The summed E-state index contributed by atoms with van der Waals surface area (Å²) in [4.78, 5) is 14.4. The van der Waals surface area contributed by atoms with Gasteiger partial charge < -0.3 is 4.90 Å². The number of carbonyl (C=O) groups is 1. The number of nitrogens with one attached hydrogen (secondary N) is 1. The Kier molecular flexibility index (Phi) is 4.37. The average molecular weight is 411 g/mol. The molecule has 1 aliphatic heterocycles. The predicted molar refractivity (Wildman–Crippen MR) is 93.0 cm³/mol. The number of aromatic amines is 1. The van der Waals surface area contributed by atoms with Gasteiger partial charge in [-0.15, -0.1) is 5.10 Å². The highest BCUT2D eigenvalue weighted by atomic mass is 35.5. The molecule has 1 atom stereocenters. The molecule has 0 saturated heterocycles. The maximum absolute atomic E-state index is 13.1. The third-order valence-electron chi connectivity index (χ3n) is 4.69. The number of H-pyrrole nitrogens is 1. The predicted octanol–water partition coefficient (Wildman–Crippen LogP) is 3.25. The molecule has 0 saturated carbocycles. The van der Waals surface area contributed by atoms with Gasteiger partial charge in [-0.05, 0) is 19.1 Å². The van der Waals surface area contributed by atoms with Crippen molar-refractivity contribution in [2.45, 2.75) is 32.1 Å². The molecule has 1 amide bonds. The lowest BCUT2D eigenvalue weighted by atomic mass is 10.0. The molecule has 1 aliphatic rings. The van der Waals surface area contributed by atoms with E-state index in [4.69, 9.17) is 11.6 Å². The molecule has 0 fully saturated rings. The standard InChI is InChI=1S/C17H14ClF3N6O/c1-9-7-13-12(23-25-27(13)14-5-6-22-24-14)8-26(9)16(28)10-3-2-4-11(15(10)18)17(19,20)21/h2-6,9H,7-8H2,1H3,(H,22,24)/t9-/m1/s1. The minimum absolute atomic E-state index is 0.121. The fourth-order valence-corrected chi connectivity index (χ4v) is 3.58. The number of fused-ring (bicyclic) bond motifs is 1. The number of benzene rings is 1. The van der Waals surface area contributed by atoms with Crippen molar-refractivity contribution in [3.63, 3.8) is 0 Å². The van der Waals surface area contributed by atoms with Crippen molar-refractivity contribution < 1.29 is 18.0 Å². The smallest absolute Gasteiger partial charge is 0.329 e. The van der Waals surface area contributed by atoms with Crippen LogP contribution in [0.15, 0.2) is 30.5 Å². The molecule has 2 aromatic heterocycles. The van der Waals surface area contributed by atoms with E-state index in [-0.39, 0.29) is 18.2 Å². The summed E-state index contributed by atoms with van der Waals surface area (Å²) in [5.41, 5.74) is 0.170. The van der Waals surface area contributed by atoms with Gasteiger partial charge in [-0.2, -0.15) is 23.0 Å². The van der Waals surface area contributed by atoms with Gasteiger partial charge in [-0.25, -0.2) is 0 Å². The molecule has 0 spiro atoms. The lowest BCUT2D eigenvalue weighted by molar-refractivity contribution is -0.137. The van der Waals surface area contributed by atoms with E-state index >= 15 is 0 Å². The van der Waals surface area contributed by atoms with Crippen molar-refractivity contribution in [3.8, 4) is 5.82 Å². The lowest BCUT2D eigenvalue weighted by Gasteiger charge is -2.33. The van der Waals surface area contributed by atoms with Crippen molar-refractivity contribution in [3.05, 3.63) is 58.0 Å². The first-order valence-electron chi connectivity index (χ1n) is 8.37. The van der Waals surface area contributed by atoms with Crippen molar-refractivity contribution >= 4 is 17.5 Å². The molecule has 4 rings (SSSR count). The Labute approximate surface area is 162 Å². The van der Waals surface area contributed by atoms with E-state index in [0.29, 0.717) is 17.9 Å². The number of carbonyl (C=O) groups excluding carboxylic acids is 1. The molecule has 0 radical (unpaired) electrons. The maximum atomic E-state index is 13.1. The molecule has 11 heteroatoms. The van der Waals surface area contributed by atoms with Crippen LogP contribution >= 0.6 is 11.6 Å². The number of alkyl halides is 3. The number of amides is 1. The van der Waals surface area contributed by atoms with Crippen molar-refractivity contribution in [2.24, 2.45) is 0 Å². The quantitative estimate of drug-likeness (QED) is 0.703. The van der Waals surface area contributed by atoms with Crippen LogP contribution in [0.3, 0.4) is 0 Å². The monoisotopic (exact) mass is 410 g/mol. The Morgan fingerprint density at radius 3 is 2.79 bits per heavy atom. The number of hydrogen-bond acceptors (Lipinski definition) is 4. The summed E-state index contributed by atoms with van der Waals surface area (Å²) in [6.07, 6.45) is -2.62. The first-order valence-corrected chi connectivity index (χ1v) is 8.75. The average Bonchev–Trinajstić information content (AvgIpc) is 3.28. The Hall–Kier alpha value is -2.88. The summed E-state index contributed by atoms with van der Waals surface area (Å²) in [6.45, 7) is 1.93. The third-order valence-corrected chi connectivity index (χ3v) is 5.10. The summed E-state index contributed by atoms with van der Waals surface area (Å²) in [5, 5.41) is 14.3. The summed E-state index contributed by atoms with van der Waals surface area (Å²) in [7, 11) is 0. The van der Waals surface area contributed by atoms with Crippen LogP contribution in [0, 0.1) is 0 Å². The zero-order valence-corrected chi connectivity index (χ0v) is 15.3. The highest BCUT2D eigenvalue weighted by Gasteiger charge is 2.37. The Bertz CT molecular complexity index is 1030. The molecular formula is C17H14ClF3N6O. The topological polar surface area (TPSA) is 79.7 Å². The summed E-state index contributed by atoms with van der Waals surface area (Å²) in [5.74, 6) is 0.0620. The van der Waals surface area contributed by atoms with Crippen molar-refractivity contribution in [2.75, 3.05) is 0 Å². The molecule has 0 unspecified atom stereocenters. The molecule has 3 aromatic rings. The normalized spacial score (nSPS) is 16.9. The summed E-state index contributed by atoms with van der Waals surface area (Å²) < 4.78 is 40.9. The van der Waals surface area contributed by atoms with Crippen LogP contribution in [-0.4, -0.2) is 42.0 Å². The van der Waals surface area contributed by atoms with Gasteiger partial charge in [0.05, 0.1) is 34.6 Å². The lowest BCUT2D eigenvalue weighted by Crippen LogP contribution is -2.43. The number of hydrogen-bond donors (Lipinski definition) is 1. The summed E-state index contributed by atoms with van der Waals surface area (Å²) in [6, 6.07) is 4.78. The first-order chi connectivity index (χ1) is 13.3. The minimum Gasteiger partial charge on any atom is -0.329 e. The van der Waals surface area contributed by atoms with Crippen LogP contribution in [-0.2, 0) is 19.1 Å². The van der Waals surface area contributed by atoms with E-state index in [2.05, 4.69) is 20.5 Å². The van der Waals surface area contributed by atoms with Gasteiger partial charge in [0.1, 0.15) is 5.69 Å². The Morgan fingerprint density at radius 1 is 1.32 bits per heavy atom. The fourth-order valence-electron chi connectivity index (χ4n) is 3.27. The highest BCUT2D eigenvalue weighted by Crippen LogP contribution is 2.37. The van der Waals surface area contributed by atoms with Crippen molar-refractivity contribution in [1.29, 1.82) is 0 Å². The molecule has 1 N–H and O–H groups in total. The fraction of sp³-hybridized carbons (Fsp3) is 0.294. The van der Waals surface area contributed by atoms with Crippen LogP contribution < -0.4 is 0 Å². The maximum Gasteiger partial charge on any atom is 0.417 e. The van der Waals surface area contributed by atoms with Gasteiger partial charge in [0.15, 0.2) is 5.82 Å². The first kappa shape index (κ1) is 18.5. The van der Waals surface area contributed by atoms with Gasteiger partial charge in [0.2, 0.25) is 0 Å². The molecular weight excluding hydrogens is 397 g/mol. The van der Waals surface area contributed by atoms with Crippen LogP contribution in [0.4, 0.5) is 13.2 Å². The molecule has 7 nitrogen and oxygen atoms in total. The number of nitrogens with zero attached hydrogens (tertiary/aromatic N) is 5. The highest BCUT2D eigenvalue weighted by molar-refractivity contribution is 6.34. The Balaban J connectivity index is 1.66. The molecule has 0 aliphatic carbocycles. The molecule has 3 heterocycles. The zero-order chi connectivity index (χ0) is 20.1. The van der Waals surface area contributed by atoms with E-state index < -0.39 is 22.7 Å². The number of halogens is 4. The molecule has 1 aromatic carbocycles. The second kappa shape index (κ2) is 6.62. The molecule has 0 bridgehead atoms. The van der Waals surface area contributed by atoms with Gasteiger partial charge in [-0.1, -0.05) is 22.9 Å². The zero-order valence-electron chi connectivity index (χ0n) is 14.5. The third kappa shape index (κ3) is 3.03. The van der Waals surface area contributed by atoms with Crippen LogP contribution in [0.2, 0.25) is 5.02 Å². The van der Waals surface area contributed by atoms with Crippen LogP contribution in [0.1, 0.15) is 34.2 Å². The number of rotatable bonds is 2. The number of aromatic nitrogens is 5. The van der Waals surface area contributed by atoms with E-state index in [9.17, 15) is 18.0 Å². The largest absolute Gasteiger partial charge is 0.417 e. The van der Waals surface area contributed by atoms with Gasteiger partial charge >= 0.3 is 6.18 Å². The molecule has 28 heavy (non-hydrogen) atoms. The van der Waals surface area contributed by atoms with Crippen LogP contribution in [0.5, 0.6) is 0 Å². The molecule has 146 valence electrons. The van der Waals surface area contributed by atoms with E-state index in [1.54, 1.807) is 16.9 Å². The minimum atomic E-state index is -4.64. The van der Waals surface area contributed by atoms with Crippen molar-refractivity contribution in [1.82, 2.24) is 30.1 Å². The van der Waals surface area contributed by atoms with E-state index in [1.165, 1.54) is 17.0 Å². The summed E-state index contributed by atoms with van der Waals surface area (Å²) >= 11 is 5.92. The SMILES string of the molecule is C[C@@H]1Cc2c(nnn2-c2ccn[nH]2)CN1C(=O)c1cccc(C(F)(F)F)c1Cl. The second-order valence-electron chi connectivity index (χ2n) is 6.49. The van der Waals surface area contributed by atoms with Gasteiger partial charge in [-0.3, -0.25) is 9.89 Å². The van der Waals surface area contributed by atoms with Gasteiger partial charge in [0, 0.05) is 18.5 Å². The van der Waals surface area contributed by atoms with E-state index in [0.717, 1.165) is 11.8 Å².